The molecule has 0 aliphatic carbocycles. The minimum atomic E-state index is 0.185. The Labute approximate surface area is 143 Å². The molecule has 6 heteroatoms. The number of rotatable bonds is 6. The smallest absolute Gasteiger partial charge is 0.0895 e. The average molecular weight is 340 g/mol. The van der Waals surface area contributed by atoms with Crippen molar-refractivity contribution < 1.29 is 9.47 Å². The van der Waals surface area contributed by atoms with Gasteiger partial charge < -0.3 is 14.8 Å². The lowest BCUT2D eigenvalue weighted by Crippen LogP contribution is -2.44. The summed E-state index contributed by atoms with van der Waals surface area (Å²) in [5, 5.41) is 8.04. The molecule has 130 valence electrons. The van der Waals surface area contributed by atoms with Crippen LogP contribution in [0.2, 0.25) is 0 Å². The molecular weight excluding hydrogens is 310 g/mol. The van der Waals surface area contributed by atoms with E-state index in [2.05, 4.69) is 22.9 Å². The molecule has 0 bridgehead atoms. The fraction of sp³-hybridized carbons (Fsp3) is 0.824. The Balaban J connectivity index is 1.55. The number of hydrogen-bond donors (Lipinski definition) is 1. The van der Waals surface area contributed by atoms with Crippen molar-refractivity contribution in [3.63, 3.8) is 0 Å². The van der Waals surface area contributed by atoms with E-state index in [1.807, 2.05) is 29.7 Å². The molecule has 3 rings (SSSR count). The van der Waals surface area contributed by atoms with E-state index < -0.39 is 0 Å². The van der Waals surface area contributed by atoms with E-state index in [1.54, 1.807) is 0 Å². The van der Waals surface area contributed by atoms with E-state index >= 15 is 0 Å². The van der Waals surface area contributed by atoms with E-state index in [0.29, 0.717) is 10.7 Å². The lowest BCUT2D eigenvalue weighted by atomic mass is 9.90. The number of aromatic nitrogens is 2. The lowest BCUT2D eigenvalue weighted by molar-refractivity contribution is -0.0282. The van der Waals surface area contributed by atoms with Crippen LogP contribution >= 0.6 is 11.8 Å². The van der Waals surface area contributed by atoms with Gasteiger partial charge in [-0.05, 0) is 31.9 Å². The fourth-order valence-electron chi connectivity index (χ4n) is 3.69. The zero-order valence-corrected chi connectivity index (χ0v) is 15.1. The van der Waals surface area contributed by atoms with Gasteiger partial charge in [0, 0.05) is 62.4 Å². The largest absolute Gasteiger partial charge is 0.381 e. The number of thioether (sulfide) groups is 1. The zero-order valence-electron chi connectivity index (χ0n) is 14.3. The molecule has 2 aliphatic rings. The predicted molar refractivity (Wildman–Crippen MR) is 93.8 cm³/mol. The number of aryl methyl sites for hydroxylation is 1. The monoisotopic (exact) mass is 339 g/mol. The van der Waals surface area contributed by atoms with Crippen LogP contribution in [0.1, 0.15) is 37.4 Å². The summed E-state index contributed by atoms with van der Waals surface area (Å²) in [6.07, 6.45) is 11.1. The van der Waals surface area contributed by atoms with Gasteiger partial charge in [-0.2, -0.15) is 16.9 Å². The third-order valence-electron chi connectivity index (χ3n) is 5.19. The molecule has 0 amide bonds. The van der Waals surface area contributed by atoms with Crippen molar-refractivity contribution >= 4 is 11.8 Å². The second kappa shape index (κ2) is 8.01. The highest BCUT2D eigenvalue weighted by Crippen LogP contribution is 2.35. The van der Waals surface area contributed by atoms with Gasteiger partial charge in [0.2, 0.25) is 0 Å². The van der Waals surface area contributed by atoms with Gasteiger partial charge >= 0.3 is 0 Å². The Kier molecular flexibility index (Phi) is 6.01. The first-order valence-corrected chi connectivity index (χ1v) is 9.89. The Morgan fingerprint density at radius 2 is 2.22 bits per heavy atom. The van der Waals surface area contributed by atoms with Crippen LogP contribution in [0.3, 0.4) is 0 Å². The number of hydrogen-bond acceptors (Lipinski definition) is 5. The summed E-state index contributed by atoms with van der Waals surface area (Å²) in [6, 6.07) is 0. The summed E-state index contributed by atoms with van der Waals surface area (Å²) >= 11 is 1.99. The molecule has 3 heterocycles. The Hall–Kier alpha value is -0.560. The van der Waals surface area contributed by atoms with Crippen molar-refractivity contribution in [1.82, 2.24) is 15.1 Å². The normalized spacial score (nSPS) is 27.9. The second-order valence-electron chi connectivity index (χ2n) is 6.77. The van der Waals surface area contributed by atoms with E-state index in [4.69, 9.17) is 9.47 Å². The second-order valence-corrected chi connectivity index (χ2v) is 8.05. The summed E-state index contributed by atoms with van der Waals surface area (Å²) in [7, 11) is 1.97. The van der Waals surface area contributed by atoms with Gasteiger partial charge in [0.1, 0.15) is 0 Å². The van der Waals surface area contributed by atoms with Crippen LogP contribution in [0.15, 0.2) is 12.4 Å². The average Bonchev–Trinajstić information content (AvgIpc) is 3.02. The summed E-state index contributed by atoms with van der Waals surface area (Å²) in [4.78, 5) is 0. The topological polar surface area (TPSA) is 48.3 Å². The van der Waals surface area contributed by atoms with E-state index in [1.165, 1.54) is 12.0 Å². The van der Waals surface area contributed by atoms with Gasteiger partial charge in [-0.25, -0.2) is 0 Å². The van der Waals surface area contributed by atoms with Crippen molar-refractivity contribution in [2.75, 3.05) is 39.2 Å². The summed E-state index contributed by atoms with van der Waals surface area (Å²) in [6.45, 7) is 4.74. The van der Waals surface area contributed by atoms with Gasteiger partial charge in [0.25, 0.3) is 0 Å². The maximum atomic E-state index is 6.07. The summed E-state index contributed by atoms with van der Waals surface area (Å²) in [5.41, 5.74) is 1.21. The number of ether oxygens (including phenoxy) is 2. The van der Waals surface area contributed by atoms with Crippen LogP contribution in [0.5, 0.6) is 0 Å². The highest BCUT2D eigenvalue weighted by atomic mass is 32.2. The van der Waals surface area contributed by atoms with Gasteiger partial charge in [0.05, 0.1) is 12.3 Å². The molecule has 0 spiro atoms. The van der Waals surface area contributed by atoms with Gasteiger partial charge in [-0.15, -0.1) is 0 Å². The predicted octanol–water partition coefficient (Wildman–Crippen LogP) is 2.39. The first-order valence-electron chi connectivity index (χ1n) is 8.66. The minimum Gasteiger partial charge on any atom is -0.381 e. The quantitative estimate of drug-likeness (QED) is 0.862. The van der Waals surface area contributed by atoms with E-state index in [-0.39, 0.29) is 6.10 Å². The molecule has 0 saturated carbocycles. The standard InChI is InChI=1S/C17H29N3O2S/c1-20-12-15(11-19-20)16-14(4-3-7-22-16)10-18-13-17(23-2)5-8-21-9-6-17/h11-12,14,16,18H,3-10,13H2,1-2H3/t14-,16+/m0/s1. The Morgan fingerprint density at radius 1 is 1.39 bits per heavy atom. The van der Waals surface area contributed by atoms with Gasteiger partial charge in [-0.1, -0.05) is 0 Å². The maximum absolute atomic E-state index is 6.07. The Morgan fingerprint density at radius 3 is 2.91 bits per heavy atom. The fourth-order valence-corrected chi connectivity index (χ4v) is 4.51. The van der Waals surface area contributed by atoms with Crippen molar-refractivity contribution in [1.29, 1.82) is 0 Å². The molecule has 2 fully saturated rings. The Bertz CT molecular complexity index is 488. The van der Waals surface area contributed by atoms with Crippen LogP contribution in [-0.4, -0.2) is 53.7 Å². The third kappa shape index (κ3) is 4.29. The zero-order chi connectivity index (χ0) is 16.1. The minimum absolute atomic E-state index is 0.185. The maximum Gasteiger partial charge on any atom is 0.0895 e. The highest BCUT2D eigenvalue weighted by Gasteiger charge is 2.33. The molecule has 2 aliphatic heterocycles. The van der Waals surface area contributed by atoms with E-state index in [9.17, 15) is 0 Å². The first-order chi connectivity index (χ1) is 11.2. The molecule has 5 nitrogen and oxygen atoms in total. The molecule has 1 aromatic heterocycles. The molecule has 0 aromatic carbocycles. The lowest BCUT2D eigenvalue weighted by Gasteiger charge is -2.37. The van der Waals surface area contributed by atoms with Gasteiger partial charge in [-0.3, -0.25) is 4.68 Å². The van der Waals surface area contributed by atoms with Crippen molar-refractivity contribution in [3.05, 3.63) is 18.0 Å². The van der Waals surface area contributed by atoms with Crippen LogP contribution in [-0.2, 0) is 16.5 Å². The first kappa shape index (κ1) is 17.3. The molecule has 1 aromatic rings. The highest BCUT2D eigenvalue weighted by molar-refractivity contribution is 8.00. The number of nitrogens with zero attached hydrogens (tertiary/aromatic N) is 2. The SMILES string of the molecule is CSC1(CNC[C@@H]2CCCO[C@H]2c2cnn(C)c2)CCOCC1. The molecule has 1 N–H and O–H groups in total. The van der Waals surface area contributed by atoms with E-state index in [0.717, 1.165) is 52.2 Å². The number of nitrogens with one attached hydrogen (secondary N) is 1. The van der Waals surface area contributed by atoms with Crippen LogP contribution in [0.25, 0.3) is 0 Å². The van der Waals surface area contributed by atoms with Crippen molar-refractivity contribution in [3.8, 4) is 0 Å². The molecule has 0 radical (unpaired) electrons. The van der Waals surface area contributed by atoms with Crippen LogP contribution in [0.4, 0.5) is 0 Å². The molecule has 0 unspecified atom stereocenters. The molecular formula is C17H29N3O2S. The van der Waals surface area contributed by atoms with Gasteiger partial charge in [0.15, 0.2) is 0 Å². The molecule has 2 atom stereocenters. The molecule has 23 heavy (non-hydrogen) atoms. The summed E-state index contributed by atoms with van der Waals surface area (Å²) < 4.78 is 13.8. The van der Waals surface area contributed by atoms with Crippen molar-refractivity contribution in [2.45, 2.75) is 36.5 Å². The van der Waals surface area contributed by atoms with Crippen LogP contribution < -0.4 is 5.32 Å². The third-order valence-corrected chi connectivity index (χ3v) is 6.61. The molecule has 2 saturated heterocycles. The summed E-state index contributed by atoms with van der Waals surface area (Å²) in [5.74, 6) is 0.534. The van der Waals surface area contributed by atoms with Crippen molar-refractivity contribution in [2.24, 2.45) is 13.0 Å². The van der Waals surface area contributed by atoms with Crippen LogP contribution in [0, 0.1) is 5.92 Å².